The Bertz CT molecular complexity index is 1520. The quantitative estimate of drug-likeness (QED) is 0.486. The van der Waals surface area contributed by atoms with Crippen LogP contribution in [0.4, 0.5) is 11.6 Å². The standard InChI is InChI=1S/C26H27N7O/c1-5-32-24(34)21-14-29-25(30-19-7-9-22-18(11-19)13-28-15-26(22,3)4)31-23(21)33(32)20-8-6-17(12-27)16(2)10-20/h6-11,14,28H,5,13,15H2,1-4H3,(H,29,30,31). The van der Waals surface area contributed by atoms with E-state index in [4.69, 9.17) is 4.98 Å². The van der Waals surface area contributed by atoms with Gasteiger partial charge in [0.2, 0.25) is 5.95 Å². The molecule has 2 aromatic carbocycles. The molecule has 0 unspecified atom stereocenters. The molecule has 1 aliphatic rings. The molecule has 0 aliphatic carbocycles. The molecule has 0 bridgehead atoms. The highest BCUT2D eigenvalue weighted by atomic mass is 16.1. The van der Waals surface area contributed by atoms with Crippen LogP contribution in [0, 0.1) is 18.3 Å². The van der Waals surface area contributed by atoms with Crippen molar-refractivity contribution in [1.82, 2.24) is 24.6 Å². The van der Waals surface area contributed by atoms with E-state index in [1.807, 2.05) is 32.0 Å². The van der Waals surface area contributed by atoms with Gasteiger partial charge >= 0.3 is 0 Å². The highest BCUT2D eigenvalue weighted by Crippen LogP contribution is 2.32. The summed E-state index contributed by atoms with van der Waals surface area (Å²) in [5.41, 5.74) is 6.18. The highest BCUT2D eigenvalue weighted by molar-refractivity contribution is 5.77. The predicted octanol–water partition coefficient (Wildman–Crippen LogP) is 3.91. The molecule has 8 nitrogen and oxygen atoms in total. The van der Waals surface area contributed by atoms with E-state index in [1.165, 1.54) is 11.1 Å². The SMILES string of the molecule is CCn1c(=O)c2cnc(Nc3ccc4c(c3)CNCC4(C)C)nc2n1-c1ccc(C#N)c(C)c1. The van der Waals surface area contributed by atoms with E-state index < -0.39 is 0 Å². The normalized spacial score (nSPS) is 14.6. The summed E-state index contributed by atoms with van der Waals surface area (Å²) in [5, 5.41) is 16.5. The molecule has 2 N–H and O–H groups in total. The van der Waals surface area contributed by atoms with Crippen molar-refractivity contribution < 1.29 is 0 Å². The summed E-state index contributed by atoms with van der Waals surface area (Å²) in [6.07, 6.45) is 1.58. The Balaban J connectivity index is 1.59. The summed E-state index contributed by atoms with van der Waals surface area (Å²) >= 11 is 0. The van der Waals surface area contributed by atoms with Gasteiger partial charge in [0.05, 0.1) is 17.3 Å². The van der Waals surface area contributed by atoms with Crippen LogP contribution < -0.4 is 16.2 Å². The molecule has 34 heavy (non-hydrogen) atoms. The second kappa shape index (κ2) is 8.12. The van der Waals surface area contributed by atoms with Crippen molar-refractivity contribution in [2.75, 3.05) is 11.9 Å². The molecule has 8 heteroatoms. The number of rotatable bonds is 4. The number of fused-ring (bicyclic) bond motifs is 2. The molecule has 5 rings (SSSR count). The molecule has 2 aromatic heterocycles. The van der Waals surface area contributed by atoms with Crippen LogP contribution in [-0.4, -0.2) is 25.9 Å². The Hall–Kier alpha value is -3.96. The number of anilines is 2. The van der Waals surface area contributed by atoms with Crippen molar-refractivity contribution in [2.45, 2.75) is 46.2 Å². The van der Waals surface area contributed by atoms with Crippen LogP contribution in [0.2, 0.25) is 0 Å². The van der Waals surface area contributed by atoms with Crippen LogP contribution in [0.3, 0.4) is 0 Å². The maximum absolute atomic E-state index is 13.0. The fraction of sp³-hybridized carbons (Fsp3) is 0.308. The Kier molecular flexibility index (Phi) is 5.22. The minimum atomic E-state index is -0.145. The van der Waals surface area contributed by atoms with Gasteiger partial charge in [0.25, 0.3) is 5.56 Å². The van der Waals surface area contributed by atoms with Gasteiger partial charge in [-0.05, 0) is 60.9 Å². The first-order valence-electron chi connectivity index (χ1n) is 11.4. The molecule has 0 atom stereocenters. The lowest BCUT2D eigenvalue weighted by Gasteiger charge is -2.33. The third kappa shape index (κ3) is 3.55. The van der Waals surface area contributed by atoms with Crippen LogP contribution in [0.25, 0.3) is 16.7 Å². The zero-order valence-corrected chi connectivity index (χ0v) is 19.8. The number of hydrogen-bond acceptors (Lipinski definition) is 6. The van der Waals surface area contributed by atoms with Gasteiger partial charge in [-0.1, -0.05) is 19.9 Å². The van der Waals surface area contributed by atoms with Crippen LogP contribution >= 0.6 is 0 Å². The maximum Gasteiger partial charge on any atom is 0.278 e. The van der Waals surface area contributed by atoms with Gasteiger partial charge in [-0.15, -0.1) is 0 Å². The second-order valence-electron chi connectivity index (χ2n) is 9.36. The molecule has 3 heterocycles. The lowest BCUT2D eigenvalue weighted by Crippen LogP contribution is -2.38. The Morgan fingerprint density at radius 3 is 2.79 bits per heavy atom. The molecule has 0 saturated carbocycles. The number of benzene rings is 2. The van der Waals surface area contributed by atoms with Gasteiger partial charge in [0.15, 0.2) is 5.65 Å². The van der Waals surface area contributed by atoms with E-state index in [9.17, 15) is 10.1 Å². The zero-order chi connectivity index (χ0) is 24.0. The highest BCUT2D eigenvalue weighted by Gasteiger charge is 2.27. The first-order chi connectivity index (χ1) is 16.3. The number of aromatic nitrogens is 4. The maximum atomic E-state index is 13.0. The second-order valence-corrected chi connectivity index (χ2v) is 9.36. The fourth-order valence-corrected chi connectivity index (χ4v) is 4.75. The Morgan fingerprint density at radius 1 is 1.24 bits per heavy atom. The minimum Gasteiger partial charge on any atom is -0.324 e. The van der Waals surface area contributed by atoms with E-state index >= 15 is 0 Å². The predicted molar refractivity (Wildman–Crippen MR) is 133 cm³/mol. The molecule has 172 valence electrons. The third-order valence-electron chi connectivity index (χ3n) is 6.52. The lowest BCUT2D eigenvalue weighted by atomic mass is 9.79. The molecular weight excluding hydrogens is 426 g/mol. The van der Waals surface area contributed by atoms with Gasteiger partial charge in [0.1, 0.15) is 5.39 Å². The van der Waals surface area contributed by atoms with E-state index in [-0.39, 0.29) is 11.0 Å². The van der Waals surface area contributed by atoms with E-state index in [2.05, 4.69) is 47.7 Å². The summed E-state index contributed by atoms with van der Waals surface area (Å²) in [4.78, 5) is 22.2. The summed E-state index contributed by atoms with van der Waals surface area (Å²) in [7, 11) is 0. The largest absolute Gasteiger partial charge is 0.324 e. The number of hydrogen-bond donors (Lipinski definition) is 2. The number of aryl methyl sites for hydroxylation is 1. The molecule has 0 spiro atoms. The summed E-state index contributed by atoms with van der Waals surface area (Å²) < 4.78 is 3.44. The third-order valence-corrected chi connectivity index (χ3v) is 6.52. The van der Waals surface area contributed by atoms with E-state index in [1.54, 1.807) is 21.6 Å². The summed E-state index contributed by atoms with van der Waals surface area (Å²) in [6.45, 7) is 10.5. The molecule has 0 amide bonds. The zero-order valence-electron chi connectivity index (χ0n) is 19.8. The van der Waals surface area contributed by atoms with Crippen LogP contribution in [0.15, 0.2) is 47.4 Å². The molecule has 0 fully saturated rings. The number of nitrogens with zero attached hydrogens (tertiary/aromatic N) is 5. The van der Waals surface area contributed by atoms with Gasteiger partial charge < -0.3 is 10.6 Å². The smallest absolute Gasteiger partial charge is 0.278 e. The average Bonchev–Trinajstić information content (AvgIpc) is 3.09. The first kappa shape index (κ1) is 21.9. The van der Waals surface area contributed by atoms with Crippen molar-refractivity contribution in [3.8, 4) is 11.8 Å². The minimum absolute atomic E-state index is 0.0832. The average molecular weight is 454 g/mol. The van der Waals surface area contributed by atoms with Crippen molar-refractivity contribution in [2.24, 2.45) is 0 Å². The summed E-state index contributed by atoms with van der Waals surface area (Å²) in [6, 6.07) is 14.0. The van der Waals surface area contributed by atoms with Crippen molar-refractivity contribution in [3.05, 3.63) is 75.2 Å². The first-order valence-corrected chi connectivity index (χ1v) is 11.4. The topological polar surface area (TPSA) is 101 Å². The van der Waals surface area contributed by atoms with Crippen molar-refractivity contribution >= 4 is 22.7 Å². The number of nitrogens with one attached hydrogen (secondary N) is 2. The van der Waals surface area contributed by atoms with E-state index in [0.717, 1.165) is 30.0 Å². The lowest BCUT2D eigenvalue weighted by molar-refractivity contribution is 0.435. The van der Waals surface area contributed by atoms with Crippen LogP contribution in [-0.2, 0) is 18.5 Å². The Morgan fingerprint density at radius 2 is 2.06 bits per heavy atom. The van der Waals surface area contributed by atoms with Crippen molar-refractivity contribution in [3.63, 3.8) is 0 Å². The molecule has 4 aromatic rings. The van der Waals surface area contributed by atoms with Crippen LogP contribution in [0.5, 0.6) is 0 Å². The van der Waals surface area contributed by atoms with Gasteiger partial charge in [-0.3, -0.25) is 4.79 Å². The molecule has 0 saturated heterocycles. The van der Waals surface area contributed by atoms with Crippen LogP contribution in [0.1, 0.15) is 43.0 Å². The summed E-state index contributed by atoms with van der Waals surface area (Å²) in [5.74, 6) is 0.419. The van der Waals surface area contributed by atoms with Gasteiger partial charge in [-0.2, -0.15) is 10.2 Å². The molecular formula is C26H27N7O. The molecule has 0 radical (unpaired) electrons. The Labute approximate surface area is 197 Å². The van der Waals surface area contributed by atoms with Gasteiger partial charge in [0, 0.05) is 36.9 Å². The van der Waals surface area contributed by atoms with Crippen molar-refractivity contribution in [1.29, 1.82) is 5.26 Å². The molecule has 1 aliphatic heterocycles. The van der Waals surface area contributed by atoms with Gasteiger partial charge in [-0.25, -0.2) is 14.3 Å². The fourth-order valence-electron chi connectivity index (χ4n) is 4.75. The number of nitriles is 1. The van der Waals surface area contributed by atoms with E-state index in [0.29, 0.717) is 29.1 Å². The monoisotopic (exact) mass is 453 g/mol.